The lowest BCUT2D eigenvalue weighted by molar-refractivity contribution is 0.590. The summed E-state index contributed by atoms with van der Waals surface area (Å²) in [5.41, 5.74) is 2.51. The van der Waals surface area contributed by atoms with Gasteiger partial charge >= 0.3 is 0 Å². The third kappa shape index (κ3) is 3.65. The van der Waals surface area contributed by atoms with E-state index in [2.05, 4.69) is 52.3 Å². The maximum absolute atomic E-state index is 13.4. The maximum Gasteiger partial charge on any atom is 0.153 e. The zero-order valence-corrected chi connectivity index (χ0v) is 15.2. The molecule has 1 atom stereocenters. The van der Waals surface area contributed by atoms with Crippen LogP contribution >= 0.6 is 23.1 Å². The van der Waals surface area contributed by atoms with Crippen molar-refractivity contribution >= 4 is 33.7 Å². The van der Waals surface area contributed by atoms with Gasteiger partial charge < -0.3 is 4.57 Å². The molecule has 116 valence electrons. The molecular weight excluding hydrogens is 367 g/mol. The zero-order chi connectivity index (χ0) is 16.1. The number of alkyl halides is 1. The first-order valence-electron chi connectivity index (χ1n) is 7.56. The van der Waals surface area contributed by atoms with E-state index in [0.29, 0.717) is 5.07 Å². The Kier molecular flexibility index (Phi) is 5.15. The summed E-state index contributed by atoms with van der Waals surface area (Å²) >= 11 is 3.45. The van der Waals surface area contributed by atoms with Crippen molar-refractivity contribution in [2.24, 2.45) is 0 Å². The Morgan fingerprint density at radius 2 is 1.13 bits per heavy atom. The molecule has 0 spiro atoms. The fourth-order valence-corrected chi connectivity index (χ4v) is 6.24. The van der Waals surface area contributed by atoms with E-state index in [-0.39, 0.29) is 0 Å². The Morgan fingerprint density at radius 3 is 1.70 bits per heavy atom. The average Bonchev–Trinajstić information content (AvgIpc) is 2.63. The molecule has 0 radical (unpaired) electrons. The van der Waals surface area contributed by atoms with Gasteiger partial charge in [-0.15, -0.1) is 0 Å². The summed E-state index contributed by atoms with van der Waals surface area (Å²) in [5, 5.41) is 2.26. The van der Waals surface area contributed by atoms with Crippen LogP contribution < -0.4 is 10.6 Å². The summed E-state index contributed by atoms with van der Waals surface area (Å²) < 4.78 is 13.4. The van der Waals surface area contributed by atoms with E-state index in [1.807, 2.05) is 48.5 Å². The predicted octanol–water partition coefficient (Wildman–Crippen LogP) is 4.94. The minimum absolute atomic E-state index is 0.460. The molecule has 3 aromatic carbocycles. The summed E-state index contributed by atoms with van der Waals surface area (Å²) in [5.74, 6) is 0. The van der Waals surface area contributed by atoms with Gasteiger partial charge in [0.25, 0.3) is 0 Å². The van der Waals surface area contributed by atoms with Crippen LogP contribution in [0.25, 0.3) is 0 Å². The number of halogens is 1. The third-order valence-electron chi connectivity index (χ3n) is 3.95. The van der Waals surface area contributed by atoms with Crippen molar-refractivity contribution in [1.29, 1.82) is 0 Å². The quantitative estimate of drug-likeness (QED) is 0.449. The van der Waals surface area contributed by atoms with Crippen LogP contribution in [-0.2, 0) is 11.0 Å². The third-order valence-corrected chi connectivity index (χ3v) is 8.67. The summed E-state index contributed by atoms with van der Waals surface area (Å²) in [6, 6.07) is 28.3. The first-order chi connectivity index (χ1) is 11.2. The van der Waals surface area contributed by atoms with E-state index >= 15 is 0 Å². The van der Waals surface area contributed by atoms with Gasteiger partial charge in [0, 0.05) is 10.6 Å². The topological polar surface area (TPSA) is 17.1 Å². The molecular formula is C20H18BrOP. The first-order valence-corrected chi connectivity index (χ1v) is 10.6. The lowest BCUT2D eigenvalue weighted by Gasteiger charge is -2.17. The smallest absolute Gasteiger partial charge is 0.153 e. The molecule has 23 heavy (non-hydrogen) atoms. The summed E-state index contributed by atoms with van der Waals surface area (Å²) in [7, 11) is -2.59. The van der Waals surface area contributed by atoms with Crippen molar-refractivity contribution in [3.63, 3.8) is 0 Å². The second-order valence-electron chi connectivity index (χ2n) is 5.52. The van der Waals surface area contributed by atoms with Crippen LogP contribution in [0.2, 0.25) is 0 Å². The summed E-state index contributed by atoms with van der Waals surface area (Å²) in [6.07, 6.45) is 0.894. The second-order valence-corrected chi connectivity index (χ2v) is 9.78. The predicted molar refractivity (Wildman–Crippen MR) is 103 cm³/mol. The van der Waals surface area contributed by atoms with Crippen molar-refractivity contribution in [2.45, 2.75) is 6.42 Å². The molecule has 1 unspecified atom stereocenters. The molecule has 0 N–H and O–H groups in total. The van der Waals surface area contributed by atoms with Crippen LogP contribution in [0.3, 0.4) is 0 Å². The highest BCUT2D eigenvalue weighted by molar-refractivity contribution is 9.10. The molecule has 3 rings (SSSR count). The molecule has 0 aromatic heterocycles. The fraction of sp³-hybridized carbons (Fsp3) is 0.100. The molecule has 0 aliphatic heterocycles. The van der Waals surface area contributed by atoms with Gasteiger partial charge in [0.1, 0.15) is 0 Å². The molecule has 0 saturated heterocycles. The first kappa shape index (κ1) is 16.2. The highest BCUT2D eigenvalue weighted by Crippen LogP contribution is 2.44. The Morgan fingerprint density at radius 1 is 0.652 bits per heavy atom. The average molecular weight is 385 g/mol. The molecule has 1 nitrogen and oxygen atoms in total. The van der Waals surface area contributed by atoms with Crippen LogP contribution in [0, 0.1) is 0 Å². The molecule has 0 aliphatic carbocycles. The van der Waals surface area contributed by atoms with Crippen molar-refractivity contribution in [2.75, 3.05) is 5.07 Å². The summed E-state index contributed by atoms with van der Waals surface area (Å²) in [6.45, 7) is 0. The van der Waals surface area contributed by atoms with Gasteiger partial charge in [0.05, 0.1) is 5.07 Å². The van der Waals surface area contributed by atoms with Gasteiger partial charge in [-0.2, -0.15) is 0 Å². The van der Waals surface area contributed by atoms with Crippen molar-refractivity contribution in [1.82, 2.24) is 0 Å². The van der Waals surface area contributed by atoms with E-state index in [4.69, 9.17) is 0 Å². The second kappa shape index (κ2) is 7.29. The minimum Gasteiger partial charge on any atom is -0.313 e. The maximum atomic E-state index is 13.4. The van der Waals surface area contributed by atoms with E-state index < -0.39 is 7.14 Å². The lowest BCUT2D eigenvalue weighted by Crippen LogP contribution is -2.16. The molecule has 0 amide bonds. The highest BCUT2D eigenvalue weighted by Gasteiger charge is 2.25. The number of hydrogen-bond acceptors (Lipinski definition) is 1. The van der Waals surface area contributed by atoms with Gasteiger partial charge in [-0.05, 0) is 17.5 Å². The number of rotatable bonds is 5. The highest BCUT2D eigenvalue weighted by atomic mass is 79.9. The molecule has 0 fully saturated rings. The Balaban J connectivity index is 1.88. The lowest BCUT2D eigenvalue weighted by atomic mass is 10.1. The van der Waals surface area contributed by atoms with Crippen molar-refractivity contribution in [3.8, 4) is 0 Å². The van der Waals surface area contributed by atoms with Crippen LogP contribution in [0.4, 0.5) is 0 Å². The van der Waals surface area contributed by atoms with E-state index in [1.165, 1.54) is 11.1 Å². The normalized spacial score (nSPS) is 13.4. The van der Waals surface area contributed by atoms with Crippen molar-refractivity contribution in [3.05, 3.63) is 96.1 Å². The Labute approximate surface area is 145 Å². The minimum atomic E-state index is -2.59. The number of benzene rings is 3. The zero-order valence-electron chi connectivity index (χ0n) is 12.7. The van der Waals surface area contributed by atoms with E-state index in [0.717, 1.165) is 17.0 Å². The summed E-state index contributed by atoms with van der Waals surface area (Å²) in [4.78, 5) is 0. The van der Waals surface area contributed by atoms with Crippen molar-refractivity contribution < 1.29 is 4.57 Å². The van der Waals surface area contributed by atoms with E-state index in [1.54, 1.807) is 0 Å². The van der Waals surface area contributed by atoms with Crippen LogP contribution in [0.15, 0.2) is 84.9 Å². The fourth-order valence-electron chi connectivity index (χ4n) is 2.64. The van der Waals surface area contributed by atoms with Gasteiger partial charge in [0.15, 0.2) is 7.14 Å². The molecule has 3 aromatic rings. The van der Waals surface area contributed by atoms with Crippen LogP contribution in [0.1, 0.15) is 11.1 Å². The van der Waals surface area contributed by atoms with E-state index in [9.17, 15) is 4.57 Å². The van der Waals surface area contributed by atoms with Gasteiger partial charge in [0.2, 0.25) is 0 Å². The monoisotopic (exact) mass is 384 g/mol. The van der Waals surface area contributed by atoms with Gasteiger partial charge in [-0.1, -0.05) is 101 Å². The number of hydrogen-bond donors (Lipinski definition) is 0. The standard InChI is InChI=1S/C20H18BrOP/c21-16-23(22,19-9-5-2-6-10-19)20-13-11-18(12-14-20)15-17-7-3-1-4-8-17/h1-14H,15-16H2. The van der Waals surface area contributed by atoms with Gasteiger partial charge in [-0.3, -0.25) is 0 Å². The molecule has 0 heterocycles. The van der Waals surface area contributed by atoms with Crippen LogP contribution in [-0.4, -0.2) is 5.07 Å². The molecule has 0 aliphatic rings. The molecule has 0 bridgehead atoms. The SMILES string of the molecule is O=P(CBr)(c1ccccc1)c1ccc(Cc2ccccc2)cc1. The molecule has 3 heteroatoms. The Hall–Kier alpha value is -1.63. The van der Waals surface area contributed by atoms with Gasteiger partial charge in [-0.25, -0.2) is 0 Å². The molecule has 0 saturated carbocycles. The van der Waals surface area contributed by atoms with Crippen LogP contribution in [0.5, 0.6) is 0 Å². The Bertz CT molecular complexity index is 798. The largest absolute Gasteiger partial charge is 0.313 e.